The minimum absolute atomic E-state index is 0.270. The first-order valence-corrected chi connectivity index (χ1v) is 6.89. The Hall–Kier alpha value is -1.96. The molecule has 0 aliphatic heterocycles. The molecule has 0 saturated carbocycles. The highest BCUT2D eigenvalue weighted by molar-refractivity contribution is 5.50. The van der Waals surface area contributed by atoms with Gasteiger partial charge in [-0.2, -0.15) is 0 Å². The summed E-state index contributed by atoms with van der Waals surface area (Å²) >= 11 is 0. The van der Waals surface area contributed by atoms with Crippen LogP contribution in [0.15, 0.2) is 58.9 Å². The van der Waals surface area contributed by atoms with E-state index in [-0.39, 0.29) is 5.75 Å². The van der Waals surface area contributed by atoms with Gasteiger partial charge in [0.2, 0.25) is 0 Å². The van der Waals surface area contributed by atoms with E-state index < -0.39 is 5.41 Å². The lowest BCUT2D eigenvalue weighted by Gasteiger charge is -2.32. The molecule has 2 heteroatoms. The SMILES string of the molecule is CC(C)=C1C=CC(O)=C(C(C)(C)c2ccccc2O)C1. The van der Waals surface area contributed by atoms with Gasteiger partial charge in [0.05, 0.1) is 0 Å². The van der Waals surface area contributed by atoms with Crippen molar-refractivity contribution in [3.05, 3.63) is 64.5 Å². The Morgan fingerprint density at radius 1 is 1.05 bits per heavy atom. The van der Waals surface area contributed by atoms with E-state index in [0.717, 1.165) is 11.1 Å². The first-order chi connectivity index (χ1) is 9.34. The van der Waals surface area contributed by atoms with Crippen LogP contribution in [-0.2, 0) is 5.41 Å². The highest BCUT2D eigenvalue weighted by Crippen LogP contribution is 2.42. The van der Waals surface area contributed by atoms with Crippen LogP contribution in [0.4, 0.5) is 0 Å². The monoisotopic (exact) mass is 270 g/mol. The van der Waals surface area contributed by atoms with Crippen LogP contribution in [0.25, 0.3) is 0 Å². The molecule has 0 aromatic heterocycles. The summed E-state index contributed by atoms with van der Waals surface area (Å²) in [6, 6.07) is 7.33. The molecule has 1 aromatic carbocycles. The number of phenols is 1. The predicted octanol–water partition coefficient (Wildman–Crippen LogP) is 4.78. The molecule has 1 aliphatic rings. The van der Waals surface area contributed by atoms with Crippen molar-refractivity contribution in [2.45, 2.75) is 39.5 Å². The van der Waals surface area contributed by atoms with Crippen LogP contribution in [0.1, 0.15) is 39.7 Å². The second kappa shape index (κ2) is 5.20. The molecular weight excluding hydrogens is 248 g/mol. The summed E-state index contributed by atoms with van der Waals surface area (Å²) < 4.78 is 0. The van der Waals surface area contributed by atoms with Gasteiger partial charge in [0.25, 0.3) is 0 Å². The normalized spacial score (nSPS) is 15.7. The maximum atomic E-state index is 10.2. The molecular formula is C18H22O2. The van der Waals surface area contributed by atoms with Gasteiger partial charge in [0.1, 0.15) is 11.5 Å². The number of para-hydroxylation sites is 1. The Morgan fingerprint density at radius 2 is 1.70 bits per heavy atom. The number of benzene rings is 1. The molecule has 0 spiro atoms. The molecule has 0 atom stereocenters. The topological polar surface area (TPSA) is 40.5 Å². The third-order valence-corrected chi connectivity index (χ3v) is 4.09. The van der Waals surface area contributed by atoms with Gasteiger partial charge in [0.15, 0.2) is 0 Å². The van der Waals surface area contributed by atoms with Crippen molar-refractivity contribution in [2.24, 2.45) is 0 Å². The summed E-state index contributed by atoms with van der Waals surface area (Å²) in [5.74, 6) is 0.578. The number of allylic oxidation sites excluding steroid dienone is 5. The van der Waals surface area contributed by atoms with E-state index in [0.29, 0.717) is 12.2 Å². The number of hydrogen-bond acceptors (Lipinski definition) is 2. The molecule has 0 unspecified atom stereocenters. The third-order valence-electron chi connectivity index (χ3n) is 4.09. The van der Waals surface area contributed by atoms with E-state index in [1.165, 1.54) is 11.1 Å². The van der Waals surface area contributed by atoms with Gasteiger partial charge < -0.3 is 10.2 Å². The second-order valence-corrected chi connectivity index (χ2v) is 6.04. The standard InChI is InChI=1S/C18H22O2/c1-12(2)13-9-10-17(20)15(11-13)18(3,4)14-7-5-6-8-16(14)19/h5-10,19-20H,11H2,1-4H3. The predicted molar refractivity (Wildman–Crippen MR) is 82.9 cm³/mol. The Morgan fingerprint density at radius 3 is 2.30 bits per heavy atom. The maximum Gasteiger partial charge on any atom is 0.119 e. The Kier molecular flexibility index (Phi) is 3.76. The lowest BCUT2D eigenvalue weighted by atomic mass is 9.72. The molecule has 20 heavy (non-hydrogen) atoms. The van der Waals surface area contributed by atoms with E-state index >= 15 is 0 Å². The summed E-state index contributed by atoms with van der Waals surface area (Å²) in [6.45, 7) is 8.23. The highest BCUT2D eigenvalue weighted by atomic mass is 16.3. The molecule has 2 nitrogen and oxygen atoms in total. The second-order valence-electron chi connectivity index (χ2n) is 6.04. The third kappa shape index (κ3) is 2.51. The minimum Gasteiger partial charge on any atom is -0.508 e. The van der Waals surface area contributed by atoms with Crippen molar-refractivity contribution in [1.29, 1.82) is 0 Å². The van der Waals surface area contributed by atoms with Crippen LogP contribution >= 0.6 is 0 Å². The number of phenolic OH excluding ortho intramolecular Hbond substituents is 1. The van der Waals surface area contributed by atoms with Gasteiger partial charge in [-0.3, -0.25) is 0 Å². The summed E-state index contributed by atoms with van der Waals surface area (Å²) in [7, 11) is 0. The molecule has 106 valence electrons. The van der Waals surface area contributed by atoms with Crippen LogP contribution in [0, 0.1) is 0 Å². The molecule has 0 bridgehead atoms. The van der Waals surface area contributed by atoms with E-state index in [4.69, 9.17) is 0 Å². The average Bonchev–Trinajstić information content (AvgIpc) is 2.39. The first kappa shape index (κ1) is 14.4. The van der Waals surface area contributed by atoms with Gasteiger partial charge in [-0.05, 0) is 43.6 Å². The molecule has 1 aromatic rings. The smallest absolute Gasteiger partial charge is 0.119 e. The van der Waals surface area contributed by atoms with Gasteiger partial charge in [-0.1, -0.05) is 43.7 Å². The van der Waals surface area contributed by atoms with Crippen molar-refractivity contribution in [3.63, 3.8) is 0 Å². The number of rotatable bonds is 2. The van der Waals surface area contributed by atoms with Crippen LogP contribution in [0.2, 0.25) is 0 Å². The molecule has 0 amide bonds. The van der Waals surface area contributed by atoms with Crippen LogP contribution < -0.4 is 0 Å². The molecule has 0 saturated heterocycles. The van der Waals surface area contributed by atoms with Crippen molar-refractivity contribution >= 4 is 0 Å². The summed E-state index contributed by atoms with van der Waals surface area (Å²) in [5.41, 5.74) is 3.84. The van der Waals surface area contributed by atoms with Crippen molar-refractivity contribution < 1.29 is 10.2 Å². The molecule has 0 radical (unpaired) electrons. The van der Waals surface area contributed by atoms with Gasteiger partial charge in [0, 0.05) is 11.0 Å². The molecule has 2 N–H and O–H groups in total. The summed E-state index contributed by atoms with van der Waals surface area (Å²) in [6.07, 6.45) is 4.43. The van der Waals surface area contributed by atoms with Gasteiger partial charge >= 0.3 is 0 Å². The van der Waals surface area contributed by atoms with Crippen LogP contribution in [0.5, 0.6) is 5.75 Å². The van der Waals surface area contributed by atoms with Crippen LogP contribution in [0.3, 0.4) is 0 Å². The molecule has 2 rings (SSSR count). The van der Waals surface area contributed by atoms with Gasteiger partial charge in [-0.25, -0.2) is 0 Å². The molecule has 0 fully saturated rings. The fourth-order valence-corrected chi connectivity index (χ4v) is 2.67. The largest absolute Gasteiger partial charge is 0.508 e. The van der Waals surface area contributed by atoms with E-state index in [1.807, 2.05) is 38.1 Å². The van der Waals surface area contributed by atoms with E-state index in [9.17, 15) is 10.2 Å². The number of aliphatic hydroxyl groups excluding tert-OH is 1. The molecule has 1 aliphatic carbocycles. The van der Waals surface area contributed by atoms with Crippen molar-refractivity contribution in [3.8, 4) is 5.75 Å². The zero-order valence-corrected chi connectivity index (χ0v) is 12.6. The van der Waals surface area contributed by atoms with Crippen molar-refractivity contribution in [2.75, 3.05) is 0 Å². The Bertz CT molecular complexity index is 612. The van der Waals surface area contributed by atoms with E-state index in [2.05, 4.69) is 13.8 Å². The lowest BCUT2D eigenvalue weighted by Crippen LogP contribution is -2.23. The van der Waals surface area contributed by atoms with E-state index in [1.54, 1.807) is 12.1 Å². The summed E-state index contributed by atoms with van der Waals surface area (Å²) in [5, 5.41) is 20.3. The zero-order chi connectivity index (χ0) is 14.9. The average molecular weight is 270 g/mol. The molecule has 0 heterocycles. The summed E-state index contributed by atoms with van der Waals surface area (Å²) in [4.78, 5) is 0. The quantitative estimate of drug-likeness (QED) is 0.812. The number of hydrogen-bond donors (Lipinski definition) is 2. The number of aliphatic hydroxyl groups is 1. The lowest BCUT2D eigenvalue weighted by molar-refractivity contribution is 0.397. The minimum atomic E-state index is -0.416. The highest BCUT2D eigenvalue weighted by Gasteiger charge is 2.32. The maximum absolute atomic E-state index is 10.2. The number of aromatic hydroxyl groups is 1. The fourth-order valence-electron chi connectivity index (χ4n) is 2.67. The first-order valence-electron chi connectivity index (χ1n) is 6.89. The Balaban J connectivity index is 2.52. The van der Waals surface area contributed by atoms with Crippen molar-refractivity contribution in [1.82, 2.24) is 0 Å². The van der Waals surface area contributed by atoms with Gasteiger partial charge in [-0.15, -0.1) is 0 Å². The Labute approximate surface area is 120 Å². The van der Waals surface area contributed by atoms with Crippen LogP contribution in [-0.4, -0.2) is 10.2 Å². The fraction of sp³-hybridized carbons (Fsp3) is 0.333. The zero-order valence-electron chi connectivity index (χ0n) is 12.6.